The van der Waals surface area contributed by atoms with Crippen LogP contribution in [0.4, 0.5) is 15.8 Å². The quantitative estimate of drug-likeness (QED) is 0.859. The van der Waals surface area contributed by atoms with Crippen LogP contribution in [0.25, 0.3) is 0 Å². The molecule has 23 heavy (non-hydrogen) atoms. The van der Waals surface area contributed by atoms with Crippen molar-refractivity contribution in [3.05, 3.63) is 58.9 Å². The van der Waals surface area contributed by atoms with E-state index in [1.165, 1.54) is 18.2 Å². The summed E-state index contributed by atoms with van der Waals surface area (Å²) in [4.78, 5) is 16.3. The van der Waals surface area contributed by atoms with Gasteiger partial charge in [-0.05, 0) is 36.4 Å². The standard InChI is InChI=1S/C17H17ClFN3O/c18-14-2-1-3-15(19)16(14)17(23)22-10-8-21(9-11-22)13-6-4-12(20)5-7-13/h1-7H,8-11,20H2. The van der Waals surface area contributed by atoms with Gasteiger partial charge in [-0.1, -0.05) is 17.7 Å². The summed E-state index contributed by atoms with van der Waals surface area (Å²) in [5.74, 6) is -0.937. The minimum absolute atomic E-state index is 0.0462. The highest BCUT2D eigenvalue weighted by Crippen LogP contribution is 2.23. The Kier molecular flexibility index (Phi) is 4.39. The van der Waals surface area contributed by atoms with Gasteiger partial charge in [0.1, 0.15) is 5.82 Å². The Morgan fingerprint density at radius 2 is 1.70 bits per heavy atom. The average molecular weight is 334 g/mol. The van der Waals surface area contributed by atoms with Crippen molar-refractivity contribution in [2.45, 2.75) is 0 Å². The monoisotopic (exact) mass is 333 g/mol. The van der Waals surface area contributed by atoms with E-state index in [0.717, 1.165) is 11.4 Å². The van der Waals surface area contributed by atoms with Crippen LogP contribution in [0.1, 0.15) is 10.4 Å². The van der Waals surface area contributed by atoms with Crippen LogP contribution in [-0.4, -0.2) is 37.0 Å². The first-order valence-electron chi connectivity index (χ1n) is 7.40. The molecule has 1 heterocycles. The molecule has 0 atom stereocenters. The second-order valence-electron chi connectivity index (χ2n) is 5.47. The first-order chi connectivity index (χ1) is 11.1. The molecule has 1 fully saturated rings. The van der Waals surface area contributed by atoms with Crippen molar-refractivity contribution in [3.63, 3.8) is 0 Å². The van der Waals surface area contributed by atoms with Gasteiger partial charge in [0.25, 0.3) is 5.91 Å². The zero-order valence-corrected chi connectivity index (χ0v) is 13.3. The first kappa shape index (κ1) is 15.6. The molecule has 0 aromatic heterocycles. The molecule has 1 amide bonds. The molecule has 120 valence electrons. The Morgan fingerprint density at radius 1 is 1.04 bits per heavy atom. The highest BCUT2D eigenvalue weighted by Gasteiger charge is 2.25. The molecule has 0 spiro atoms. The van der Waals surface area contributed by atoms with Gasteiger partial charge in [0.2, 0.25) is 0 Å². The van der Waals surface area contributed by atoms with E-state index in [2.05, 4.69) is 4.90 Å². The molecule has 0 aliphatic carbocycles. The van der Waals surface area contributed by atoms with Crippen molar-refractivity contribution in [3.8, 4) is 0 Å². The summed E-state index contributed by atoms with van der Waals surface area (Å²) < 4.78 is 13.9. The van der Waals surface area contributed by atoms with Crippen molar-refractivity contribution in [2.75, 3.05) is 36.8 Å². The molecule has 1 aliphatic heterocycles. The number of nitrogens with zero attached hydrogens (tertiary/aromatic N) is 2. The minimum atomic E-state index is -0.580. The molecular formula is C17H17ClFN3O. The predicted octanol–water partition coefficient (Wildman–Crippen LogP) is 3.02. The van der Waals surface area contributed by atoms with Crippen molar-refractivity contribution in [2.24, 2.45) is 0 Å². The Labute approximate surface area is 139 Å². The predicted molar refractivity (Wildman–Crippen MR) is 90.4 cm³/mol. The highest BCUT2D eigenvalue weighted by molar-refractivity contribution is 6.33. The maximum Gasteiger partial charge on any atom is 0.258 e. The number of carbonyl (C=O) groups excluding carboxylic acids is 1. The van der Waals surface area contributed by atoms with Crippen LogP contribution in [0.2, 0.25) is 5.02 Å². The fraction of sp³-hybridized carbons (Fsp3) is 0.235. The molecule has 1 saturated heterocycles. The Morgan fingerprint density at radius 3 is 2.30 bits per heavy atom. The van der Waals surface area contributed by atoms with Crippen LogP contribution in [0.15, 0.2) is 42.5 Å². The number of benzene rings is 2. The van der Waals surface area contributed by atoms with Crippen molar-refractivity contribution in [1.29, 1.82) is 0 Å². The first-order valence-corrected chi connectivity index (χ1v) is 7.78. The summed E-state index contributed by atoms with van der Waals surface area (Å²) >= 11 is 5.97. The zero-order valence-electron chi connectivity index (χ0n) is 12.5. The molecule has 0 unspecified atom stereocenters. The molecule has 0 saturated carbocycles. The Bertz CT molecular complexity index is 692. The smallest absolute Gasteiger partial charge is 0.258 e. The van der Waals surface area contributed by atoms with Crippen LogP contribution < -0.4 is 10.6 Å². The summed E-state index contributed by atoms with van der Waals surface area (Å²) in [6, 6.07) is 11.9. The fourth-order valence-corrected chi connectivity index (χ4v) is 2.96. The van der Waals surface area contributed by atoms with Crippen LogP contribution in [0, 0.1) is 5.82 Å². The van der Waals surface area contributed by atoms with Gasteiger partial charge in [0.15, 0.2) is 0 Å². The van der Waals surface area contributed by atoms with Crippen LogP contribution in [0.5, 0.6) is 0 Å². The summed E-state index contributed by atoms with van der Waals surface area (Å²) in [7, 11) is 0. The molecule has 0 radical (unpaired) electrons. The lowest BCUT2D eigenvalue weighted by Gasteiger charge is -2.36. The third-order valence-electron chi connectivity index (χ3n) is 4.00. The van der Waals surface area contributed by atoms with Gasteiger partial charge < -0.3 is 15.5 Å². The number of rotatable bonds is 2. The minimum Gasteiger partial charge on any atom is -0.399 e. The van der Waals surface area contributed by atoms with Crippen LogP contribution in [0.3, 0.4) is 0 Å². The zero-order chi connectivity index (χ0) is 16.4. The van der Waals surface area contributed by atoms with Crippen molar-refractivity contribution >= 4 is 28.9 Å². The van der Waals surface area contributed by atoms with Gasteiger partial charge in [-0.25, -0.2) is 4.39 Å². The highest BCUT2D eigenvalue weighted by atomic mass is 35.5. The number of halogens is 2. The second-order valence-corrected chi connectivity index (χ2v) is 5.87. The Hall–Kier alpha value is -2.27. The van der Waals surface area contributed by atoms with Crippen molar-refractivity contribution in [1.82, 2.24) is 4.90 Å². The molecule has 0 bridgehead atoms. The van der Waals surface area contributed by atoms with Gasteiger partial charge in [0, 0.05) is 37.6 Å². The molecule has 3 rings (SSSR count). The number of nitrogens with two attached hydrogens (primary N) is 1. The van der Waals surface area contributed by atoms with E-state index in [-0.39, 0.29) is 16.5 Å². The lowest BCUT2D eigenvalue weighted by molar-refractivity contribution is 0.0742. The Balaban J connectivity index is 1.69. The van der Waals surface area contributed by atoms with E-state index in [1.807, 2.05) is 24.3 Å². The maximum atomic E-state index is 13.9. The number of amides is 1. The average Bonchev–Trinajstić information content (AvgIpc) is 2.55. The van der Waals surface area contributed by atoms with E-state index < -0.39 is 5.82 Å². The SMILES string of the molecule is Nc1ccc(N2CCN(C(=O)c3c(F)cccc3Cl)CC2)cc1. The summed E-state index contributed by atoms with van der Waals surface area (Å²) in [5.41, 5.74) is 7.43. The fourth-order valence-electron chi connectivity index (χ4n) is 2.71. The molecule has 2 N–H and O–H groups in total. The van der Waals surface area contributed by atoms with Gasteiger partial charge in [-0.2, -0.15) is 0 Å². The van der Waals surface area contributed by atoms with E-state index >= 15 is 0 Å². The normalized spacial score (nSPS) is 14.9. The van der Waals surface area contributed by atoms with Crippen LogP contribution in [-0.2, 0) is 0 Å². The third kappa shape index (κ3) is 3.24. The number of hydrogen-bond donors (Lipinski definition) is 1. The largest absolute Gasteiger partial charge is 0.399 e. The van der Waals surface area contributed by atoms with E-state index in [4.69, 9.17) is 17.3 Å². The third-order valence-corrected chi connectivity index (χ3v) is 4.32. The van der Waals surface area contributed by atoms with Crippen molar-refractivity contribution < 1.29 is 9.18 Å². The number of nitrogen functional groups attached to an aromatic ring is 1. The lowest BCUT2D eigenvalue weighted by Crippen LogP contribution is -2.49. The topological polar surface area (TPSA) is 49.6 Å². The molecular weight excluding hydrogens is 317 g/mol. The number of hydrogen-bond acceptors (Lipinski definition) is 3. The maximum absolute atomic E-state index is 13.9. The van der Waals surface area contributed by atoms with Crippen LogP contribution >= 0.6 is 11.6 Å². The second kappa shape index (κ2) is 6.46. The number of carbonyl (C=O) groups is 1. The summed E-state index contributed by atoms with van der Waals surface area (Å²) in [5, 5.41) is 0.149. The molecule has 2 aromatic rings. The molecule has 2 aromatic carbocycles. The molecule has 1 aliphatic rings. The van der Waals surface area contributed by atoms with E-state index in [0.29, 0.717) is 26.2 Å². The van der Waals surface area contributed by atoms with E-state index in [1.54, 1.807) is 4.90 Å². The van der Waals surface area contributed by atoms with Gasteiger partial charge in [-0.15, -0.1) is 0 Å². The number of anilines is 2. The summed E-state index contributed by atoms with van der Waals surface area (Å²) in [6.45, 7) is 2.41. The lowest BCUT2D eigenvalue weighted by atomic mass is 10.1. The molecule has 6 heteroatoms. The summed E-state index contributed by atoms with van der Waals surface area (Å²) in [6.07, 6.45) is 0. The molecule has 4 nitrogen and oxygen atoms in total. The van der Waals surface area contributed by atoms with Gasteiger partial charge in [0.05, 0.1) is 10.6 Å². The van der Waals surface area contributed by atoms with Gasteiger partial charge in [-0.3, -0.25) is 4.79 Å². The van der Waals surface area contributed by atoms with E-state index in [9.17, 15) is 9.18 Å². The van der Waals surface area contributed by atoms with Gasteiger partial charge >= 0.3 is 0 Å². The number of piperazine rings is 1.